The normalized spacial score (nSPS) is 17.9. The van der Waals surface area contributed by atoms with Crippen LogP contribution >= 0.6 is 11.8 Å². The zero-order valence-electron chi connectivity index (χ0n) is 14.5. The van der Waals surface area contributed by atoms with Crippen molar-refractivity contribution in [1.29, 1.82) is 0 Å². The maximum Gasteiger partial charge on any atom is 0.192 e. The summed E-state index contributed by atoms with van der Waals surface area (Å²) < 4.78 is 25.3. The Balaban J connectivity index is 1.92. The number of hydrogen-bond acceptors (Lipinski definition) is 4. The highest BCUT2D eigenvalue weighted by molar-refractivity contribution is 8.13. The number of sulfone groups is 1. The summed E-state index contributed by atoms with van der Waals surface area (Å²) in [5.74, 6) is 0. The Morgan fingerprint density at radius 1 is 1.08 bits per heavy atom. The van der Waals surface area contributed by atoms with Crippen LogP contribution in [-0.4, -0.2) is 19.5 Å². The van der Waals surface area contributed by atoms with Crippen LogP contribution in [-0.2, 0) is 15.3 Å². The Labute approximate surface area is 148 Å². The lowest BCUT2D eigenvalue weighted by Gasteiger charge is -2.28. The smallest absolute Gasteiger partial charge is 0.192 e. The molecule has 3 nitrogen and oxygen atoms in total. The summed E-state index contributed by atoms with van der Waals surface area (Å²) in [4.78, 5) is 1.40. The molecule has 0 aromatic heterocycles. The summed E-state index contributed by atoms with van der Waals surface area (Å²) in [7, 11) is -3.37. The Bertz CT molecular complexity index is 850. The summed E-state index contributed by atoms with van der Waals surface area (Å²) in [5.41, 5.74) is 3.33. The molecular formula is C19H23NO2S2. The van der Waals surface area contributed by atoms with Crippen LogP contribution < -0.4 is 5.32 Å². The highest BCUT2D eigenvalue weighted by Gasteiger charge is 2.32. The molecule has 0 saturated carbocycles. The number of nitrogens with one attached hydrogen (secondary N) is 1. The molecule has 0 radical (unpaired) electrons. The minimum atomic E-state index is -3.37. The molecule has 0 amide bonds. The standard InChI is InChI=1S/C19H23NO2S2/c1-13-5-8-15(9-6-13)24(21,22)18-12-20-16-10-7-14(19(2,3)4)11-17(16)23-18/h5-11,18,20H,12H2,1-4H3. The van der Waals surface area contributed by atoms with Crippen LogP contribution in [0, 0.1) is 6.92 Å². The average molecular weight is 362 g/mol. The zero-order valence-corrected chi connectivity index (χ0v) is 16.1. The van der Waals surface area contributed by atoms with Crippen LogP contribution in [0.15, 0.2) is 52.3 Å². The molecular weight excluding hydrogens is 338 g/mol. The third-order valence-electron chi connectivity index (χ3n) is 4.26. The van der Waals surface area contributed by atoms with E-state index in [0.29, 0.717) is 11.4 Å². The van der Waals surface area contributed by atoms with Crippen molar-refractivity contribution in [3.05, 3.63) is 53.6 Å². The summed E-state index contributed by atoms with van der Waals surface area (Å²) in [6.45, 7) is 8.86. The fourth-order valence-electron chi connectivity index (χ4n) is 2.66. The highest BCUT2D eigenvalue weighted by atomic mass is 32.3. The Hall–Kier alpha value is -1.46. The van der Waals surface area contributed by atoms with Crippen molar-refractivity contribution < 1.29 is 8.42 Å². The molecule has 0 spiro atoms. The average Bonchev–Trinajstić information content (AvgIpc) is 2.53. The summed E-state index contributed by atoms with van der Waals surface area (Å²) >= 11 is 1.44. The first-order chi connectivity index (χ1) is 11.2. The first-order valence-corrected chi connectivity index (χ1v) is 10.5. The topological polar surface area (TPSA) is 46.2 Å². The number of thioether (sulfide) groups is 1. The predicted molar refractivity (Wildman–Crippen MR) is 102 cm³/mol. The van der Waals surface area contributed by atoms with Crippen molar-refractivity contribution in [2.45, 2.75) is 47.5 Å². The number of anilines is 1. The largest absolute Gasteiger partial charge is 0.382 e. The quantitative estimate of drug-likeness (QED) is 0.848. The fourth-order valence-corrected chi connectivity index (χ4v) is 5.85. The van der Waals surface area contributed by atoms with Gasteiger partial charge in [-0.05, 0) is 42.2 Å². The summed E-state index contributed by atoms with van der Waals surface area (Å²) in [5, 5.41) is 3.28. The minimum Gasteiger partial charge on any atom is -0.382 e. The second-order valence-corrected chi connectivity index (χ2v) is 10.9. The maximum atomic E-state index is 12.9. The minimum absolute atomic E-state index is 0.0400. The number of hydrogen-bond donors (Lipinski definition) is 1. The van der Waals surface area contributed by atoms with Crippen LogP contribution in [0.3, 0.4) is 0 Å². The van der Waals surface area contributed by atoms with E-state index >= 15 is 0 Å². The third-order valence-corrected chi connectivity index (χ3v) is 8.12. The second-order valence-electron chi connectivity index (χ2n) is 7.25. The third kappa shape index (κ3) is 3.33. The van der Waals surface area contributed by atoms with Crippen molar-refractivity contribution >= 4 is 27.3 Å². The molecule has 5 heteroatoms. The van der Waals surface area contributed by atoms with Gasteiger partial charge in [-0.1, -0.05) is 44.5 Å². The predicted octanol–water partition coefficient (Wildman–Crippen LogP) is 4.61. The van der Waals surface area contributed by atoms with E-state index in [-0.39, 0.29) is 5.41 Å². The maximum absolute atomic E-state index is 12.9. The molecule has 128 valence electrons. The molecule has 1 aliphatic rings. The number of rotatable bonds is 2. The lowest BCUT2D eigenvalue weighted by atomic mass is 9.87. The molecule has 1 atom stereocenters. The van der Waals surface area contributed by atoms with Crippen LogP contribution in [0.2, 0.25) is 0 Å². The Kier molecular flexibility index (Phi) is 4.43. The van der Waals surface area contributed by atoms with E-state index in [9.17, 15) is 8.42 Å². The molecule has 1 N–H and O–H groups in total. The molecule has 0 saturated heterocycles. The summed E-state index contributed by atoms with van der Waals surface area (Å²) in [6.07, 6.45) is 0. The van der Waals surface area contributed by atoms with Crippen molar-refractivity contribution in [3.8, 4) is 0 Å². The van der Waals surface area contributed by atoms with Crippen LogP contribution in [0.25, 0.3) is 0 Å². The van der Waals surface area contributed by atoms with Crippen LogP contribution in [0.5, 0.6) is 0 Å². The molecule has 1 heterocycles. The summed E-state index contributed by atoms with van der Waals surface area (Å²) in [6, 6.07) is 13.4. The number of benzene rings is 2. The van der Waals surface area contributed by atoms with E-state index in [1.165, 1.54) is 17.3 Å². The lowest BCUT2D eigenvalue weighted by molar-refractivity contribution is 0.588. The first-order valence-electron chi connectivity index (χ1n) is 8.03. The van der Waals surface area contributed by atoms with Crippen LogP contribution in [0.4, 0.5) is 5.69 Å². The van der Waals surface area contributed by atoms with Crippen molar-refractivity contribution in [2.24, 2.45) is 0 Å². The number of aryl methyl sites for hydroxylation is 1. The molecule has 0 fully saturated rings. The Morgan fingerprint density at radius 3 is 2.38 bits per heavy atom. The van der Waals surface area contributed by atoms with Gasteiger partial charge < -0.3 is 5.32 Å². The molecule has 2 aromatic rings. The van der Waals surface area contributed by atoms with Crippen molar-refractivity contribution in [2.75, 3.05) is 11.9 Å². The van der Waals surface area contributed by atoms with Gasteiger partial charge >= 0.3 is 0 Å². The van der Waals surface area contributed by atoms with E-state index in [2.05, 4.69) is 44.3 Å². The lowest BCUT2D eigenvalue weighted by Crippen LogP contribution is -2.29. The van der Waals surface area contributed by atoms with E-state index < -0.39 is 14.4 Å². The van der Waals surface area contributed by atoms with Gasteiger partial charge in [-0.25, -0.2) is 8.42 Å². The van der Waals surface area contributed by atoms with Gasteiger partial charge in [0.15, 0.2) is 9.84 Å². The highest BCUT2D eigenvalue weighted by Crippen LogP contribution is 2.41. The van der Waals surface area contributed by atoms with Gasteiger partial charge in [-0.2, -0.15) is 0 Å². The van der Waals surface area contributed by atoms with Gasteiger partial charge in [0.25, 0.3) is 0 Å². The van der Waals surface area contributed by atoms with Crippen LogP contribution in [0.1, 0.15) is 31.9 Å². The van der Waals surface area contributed by atoms with Gasteiger partial charge in [0.05, 0.1) is 4.90 Å². The Morgan fingerprint density at radius 2 is 1.75 bits per heavy atom. The molecule has 1 aliphatic heterocycles. The zero-order chi connectivity index (χ0) is 17.5. The van der Waals surface area contributed by atoms with E-state index in [1.807, 2.05) is 19.1 Å². The van der Waals surface area contributed by atoms with E-state index in [1.54, 1.807) is 12.1 Å². The van der Waals surface area contributed by atoms with Crippen molar-refractivity contribution in [1.82, 2.24) is 0 Å². The fraction of sp³-hybridized carbons (Fsp3) is 0.368. The van der Waals surface area contributed by atoms with E-state index in [4.69, 9.17) is 0 Å². The van der Waals surface area contributed by atoms with Gasteiger partial charge in [0.1, 0.15) is 4.58 Å². The molecule has 24 heavy (non-hydrogen) atoms. The first kappa shape index (κ1) is 17.4. The van der Waals surface area contributed by atoms with Gasteiger partial charge in [-0.15, -0.1) is 11.8 Å². The SMILES string of the molecule is Cc1ccc(S(=O)(=O)C2CNc3ccc(C(C)(C)C)cc3S2)cc1. The van der Waals surface area contributed by atoms with Gasteiger partial charge in [-0.3, -0.25) is 0 Å². The monoisotopic (exact) mass is 361 g/mol. The van der Waals surface area contributed by atoms with Gasteiger partial charge in [0.2, 0.25) is 0 Å². The van der Waals surface area contributed by atoms with Gasteiger partial charge in [0, 0.05) is 17.1 Å². The molecule has 0 aliphatic carbocycles. The molecule has 1 unspecified atom stereocenters. The van der Waals surface area contributed by atoms with Crippen molar-refractivity contribution in [3.63, 3.8) is 0 Å². The van der Waals surface area contributed by atoms with E-state index in [0.717, 1.165) is 16.1 Å². The second kappa shape index (κ2) is 6.12. The number of fused-ring (bicyclic) bond motifs is 1. The molecule has 2 aromatic carbocycles. The molecule has 0 bridgehead atoms. The molecule has 3 rings (SSSR count).